The second kappa shape index (κ2) is 15.4. The van der Waals surface area contributed by atoms with Gasteiger partial charge in [0.1, 0.15) is 0 Å². The summed E-state index contributed by atoms with van der Waals surface area (Å²) in [5.74, 6) is -0.312. The van der Waals surface area contributed by atoms with Crippen molar-refractivity contribution in [3.05, 3.63) is 83.9 Å². The normalized spacial score (nSPS) is 15.4. The number of likely N-dealkylation sites (tertiary alicyclic amines) is 1. The van der Waals surface area contributed by atoms with E-state index in [2.05, 4.69) is 63.6 Å². The van der Waals surface area contributed by atoms with Crippen molar-refractivity contribution in [2.75, 3.05) is 46.6 Å². The number of hydrogen-bond acceptors (Lipinski definition) is 8. The Morgan fingerprint density at radius 2 is 1.74 bits per heavy atom. The molecule has 0 spiro atoms. The lowest BCUT2D eigenvalue weighted by Gasteiger charge is -2.41. The number of benzene rings is 3. The Hall–Kier alpha value is -4.90. The second-order valence-corrected chi connectivity index (χ2v) is 11.4. The van der Waals surface area contributed by atoms with Gasteiger partial charge in [-0.25, -0.2) is 4.79 Å². The number of esters is 1. The number of methoxy groups -OCH3 is 1. The van der Waals surface area contributed by atoms with Gasteiger partial charge in [-0.3, -0.25) is 19.3 Å². The van der Waals surface area contributed by atoms with Gasteiger partial charge in [-0.2, -0.15) is 0 Å². The summed E-state index contributed by atoms with van der Waals surface area (Å²) in [5.41, 5.74) is 2.03. The maximum Gasteiger partial charge on any atom is 0.330 e. The number of carbonyl (C=O) groups excluding carboxylic acids is 4. The highest BCUT2D eigenvalue weighted by atomic mass is 16.7. The van der Waals surface area contributed by atoms with Crippen LogP contribution in [0.2, 0.25) is 0 Å². The first kappa shape index (κ1) is 32.5. The average Bonchev–Trinajstić information content (AvgIpc) is 3.55. The van der Waals surface area contributed by atoms with Crippen LogP contribution < -0.4 is 20.1 Å². The lowest BCUT2D eigenvalue weighted by Crippen LogP contribution is -2.52. The SMILES string of the molecule is COC(=O)/C=C/CNC(=O)CNC(=O)CN(C(=O)Cc1ccc2c(c1)OCO2)C1CCN([C@H](C)c2cccc3ccccc23)CC1. The van der Waals surface area contributed by atoms with Gasteiger partial charge in [0.25, 0.3) is 0 Å². The lowest BCUT2D eigenvalue weighted by atomic mass is 9.95. The number of piperidine rings is 1. The zero-order valence-electron chi connectivity index (χ0n) is 26.2. The number of nitrogens with zero attached hydrogens (tertiary/aromatic N) is 2. The van der Waals surface area contributed by atoms with Crippen LogP contribution in [-0.2, 0) is 30.3 Å². The van der Waals surface area contributed by atoms with Crippen molar-refractivity contribution in [1.82, 2.24) is 20.4 Å². The van der Waals surface area contributed by atoms with Gasteiger partial charge in [0.2, 0.25) is 24.5 Å². The molecular formula is C35H40N4O7. The molecule has 2 aliphatic heterocycles. The highest BCUT2D eigenvalue weighted by Gasteiger charge is 2.32. The Labute approximate surface area is 268 Å². The maximum atomic E-state index is 13.8. The van der Waals surface area contributed by atoms with E-state index in [0.29, 0.717) is 24.3 Å². The molecule has 0 radical (unpaired) electrons. The minimum atomic E-state index is -0.526. The lowest BCUT2D eigenvalue weighted by molar-refractivity contribution is -0.139. The van der Waals surface area contributed by atoms with Gasteiger partial charge in [0.15, 0.2) is 11.5 Å². The van der Waals surface area contributed by atoms with E-state index < -0.39 is 17.8 Å². The first-order valence-electron chi connectivity index (χ1n) is 15.5. The number of nitrogens with one attached hydrogen (secondary N) is 2. The van der Waals surface area contributed by atoms with Crippen molar-refractivity contribution < 1.29 is 33.4 Å². The van der Waals surface area contributed by atoms with Gasteiger partial charge in [-0.15, -0.1) is 0 Å². The molecule has 11 nitrogen and oxygen atoms in total. The van der Waals surface area contributed by atoms with Crippen molar-refractivity contribution in [3.8, 4) is 11.5 Å². The molecule has 2 heterocycles. The summed E-state index contributed by atoms with van der Waals surface area (Å²) in [7, 11) is 1.26. The fourth-order valence-electron chi connectivity index (χ4n) is 5.99. The Kier molecular flexibility index (Phi) is 10.9. The highest BCUT2D eigenvalue weighted by molar-refractivity contribution is 5.89. The zero-order valence-corrected chi connectivity index (χ0v) is 26.2. The number of ether oxygens (including phenoxy) is 3. The topological polar surface area (TPSA) is 127 Å². The van der Waals surface area contributed by atoms with Crippen LogP contribution in [0.1, 0.15) is 36.9 Å². The molecule has 3 amide bonds. The Bertz CT molecular complexity index is 1590. The summed E-state index contributed by atoms with van der Waals surface area (Å²) in [6.45, 7) is 3.59. The van der Waals surface area contributed by atoms with Crippen molar-refractivity contribution >= 4 is 34.5 Å². The molecule has 0 unspecified atom stereocenters. The van der Waals surface area contributed by atoms with Crippen molar-refractivity contribution in [2.24, 2.45) is 0 Å². The largest absolute Gasteiger partial charge is 0.466 e. The van der Waals surface area contributed by atoms with Gasteiger partial charge >= 0.3 is 5.97 Å². The Balaban J connectivity index is 1.22. The monoisotopic (exact) mass is 628 g/mol. The first-order chi connectivity index (χ1) is 22.3. The summed E-state index contributed by atoms with van der Waals surface area (Å²) in [6.07, 6.45) is 4.18. The van der Waals surface area contributed by atoms with Gasteiger partial charge in [-0.1, -0.05) is 54.6 Å². The summed E-state index contributed by atoms with van der Waals surface area (Å²) < 4.78 is 15.4. The average molecular weight is 629 g/mol. The predicted octanol–water partition coefficient (Wildman–Crippen LogP) is 3.13. The molecule has 0 saturated carbocycles. The molecule has 11 heteroatoms. The van der Waals surface area contributed by atoms with Crippen LogP contribution in [0.5, 0.6) is 11.5 Å². The van der Waals surface area contributed by atoms with Gasteiger partial charge in [0, 0.05) is 37.8 Å². The molecule has 5 rings (SSSR count). The Morgan fingerprint density at radius 3 is 2.54 bits per heavy atom. The summed E-state index contributed by atoms with van der Waals surface area (Å²) >= 11 is 0. The van der Waals surface area contributed by atoms with Crippen LogP contribution in [0.25, 0.3) is 10.8 Å². The summed E-state index contributed by atoms with van der Waals surface area (Å²) in [5, 5.41) is 7.66. The molecular weight excluding hydrogens is 588 g/mol. The molecule has 0 aromatic heterocycles. The molecule has 242 valence electrons. The quantitative estimate of drug-likeness (QED) is 0.232. The van der Waals surface area contributed by atoms with E-state index in [1.807, 2.05) is 12.1 Å². The van der Waals surface area contributed by atoms with E-state index in [9.17, 15) is 19.2 Å². The maximum absolute atomic E-state index is 13.8. The molecule has 3 aromatic carbocycles. The van der Waals surface area contributed by atoms with Crippen molar-refractivity contribution in [1.29, 1.82) is 0 Å². The minimum Gasteiger partial charge on any atom is -0.466 e. The third-order valence-electron chi connectivity index (χ3n) is 8.51. The molecule has 2 N–H and O–H groups in total. The number of amides is 3. The fourth-order valence-corrected chi connectivity index (χ4v) is 5.99. The number of carbonyl (C=O) groups is 4. The van der Waals surface area contributed by atoms with E-state index in [-0.39, 0.29) is 50.8 Å². The van der Waals surface area contributed by atoms with Gasteiger partial charge in [0.05, 0.1) is 26.6 Å². The van der Waals surface area contributed by atoms with Gasteiger partial charge < -0.3 is 29.7 Å². The summed E-state index contributed by atoms with van der Waals surface area (Å²) in [4.78, 5) is 54.3. The Morgan fingerprint density at radius 1 is 0.978 bits per heavy atom. The van der Waals surface area contributed by atoms with Crippen LogP contribution >= 0.6 is 0 Å². The third-order valence-corrected chi connectivity index (χ3v) is 8.51. The van der Waals surface area contributed by atoms with Crippen LogP contribution in [0, 0.1) is 0 Å². The molecule has 1 saturated heterocycles. The number of rotatable bonds is 12. The fraction of sp³-hybridized carbons (Fsp3) is 0.371. The van der Waals surface area contributed by atoms with Crippen LogP contribution in [0.4, 0.5) is 0 Å². The number of fused-ring (bicyclic) bond motifs is 2. The molecule has 3 aromatic rings. The first-order valence-corrected chi connectivity index (χ1v) is 15.5. The van der Waals surface area contributed by atoms with E-state index in [1.165, 1.54) is 35.6 Å². The molecule has 0 bridgehead atoms. The standard InChI is InChI=1S/C35H40N4O7/c1-24(28-10-5-8-26-7-3-4-9-29(26)28)38-17-14-27(15-18-38)39(34(42)20-25-12-13-30-31(19-25)46-23-45-30)22-33(41)37-21-32(40)36-16-6-11-35(43)44-2/h3-13,19,24,27H,14-18,20-23H2,1-2H3,(H,36,40)(H,37,41)/b11-6+/t24-/m1/s1. The molecule has 1 atom stereocenters. The van der Waals surface area contributed by atoms with Crippen molar-refractivity contribution in [2.45, 2.75) is 38.3 Å². The molecule has 2 aliphatic rings. The van der Waals surface area contributed by atoms with Crippen molar-refractivity contribution in [3.63, 3.8) is 0 Å². The third kappa shape index (κ3) is 8.22. The number of hydrogen-bond donors (Lipinski definition) is 2. The van der Waals surface area contributed by atoms with E-state index >= 15 is 0 Å². The zero-order chi connectivity index (χ0) is 32.5. The van der Waals surface area contributed by atoms with E-state index in [4.69, 9.17) is 9.47 Å². The van der Waals surface area contributed by atoms with Gasteiger partial charge in [-0.05, 0) is 53.8 Å². The van der Waals surface area contributed by atoms with Crippen LogP contribution in [0.3, 0.4) is 0 Å². The highest BCUT2D eigenvalue weighted by Crippen LogP contribution is 2.33. The summed E-state index contributed by atoms with van der Waals surface area (Å²) in [6, 6.07) is 20.2. The van der Waals surface area contributed by atoms with E-state index in [0.717, 1.165) is 18.7 Å². The van der Waals surface area contributed by atoms with E-state index in [1.54, 1.807) is 17.0 Å². The smallest absolute Gasteiger partial charge is 0.330 e. The predicted molar refractivity (Wildman–Crippen MR) is 172 cm³/mol. The molecule has 46 heavy (non-hydrogen) atoms. The van der Waals surface area contributed by atoms with Crippen LogP contribution in [0.15, 0.2) is 72.8 Å². The molecule has 1 fully saturated rings. The minimum absolute atomic E-state index is 0.101. The van der Waals surface area contributed by atoms with Crippen LogP contribution in [-0.4, -0.2) is 86.2 Å². The second-order valence-electron chi connectivity index (χ2n) is 11.4. The molecule has 0 aliphatic carbocycles.